The summed E-state index contributed by atoms with van der Waals surface area (Å²) in [4.78, 5) is 14.2. The molecule has 0 fully saturated rings. The zero-order valence-corrected chi connectivity index (χ0v) is 24.0. The summed E-state index contributed by atoms with van der Waals surface area (Å²) in [6.07, 6.45) is 6.44. The van der Waals surface area contributed by atoms with Crippen LogP contribution in [0.4, 0.5) is 11.6 Å². The summed E-state index contributed by atoms with van der Waals surface area (Å²) in [7, 11) is 0. The van der Waals surface area contributed by atoms with E-state index in [1.54, 1.807) is 23.5 Å². The van der Waals surface area contributed by atoms with Crippen LogP contribution in [0, 0.1) is 0 Å². The molecule has 2 rings (SSSR count). The fourth-order valence-corrected chi connectivity index (χ4v) is 5.28. The molecule has 0 saturated heterocycles. The van der Waals surface area contributed by atoms with Crippen molar-refractivity contribution in [2.75, 3.05) is 16.8 Å². The van der Waals surface area contributed by atoms with E-state index in [-0.39, 0.29) is 10.8 Å². The molecule has 0 aliphatic heterocycles. The summed E-state index contributed by atoms with van der Waals surface area (Å²) in [6, 6.07) is 4.12. The number of aromatic nitrogens is 3. The number of hydrogen-bond acceptors (Lipinski definition) is 7. The van der Waals surface area contributed by atoms with Crippen LogP contribution in [0.1, 0.15) is 105 Å². The molecular weight excluding hydrogens is 460 g/mol. The normalized spacial score (nSPS) is 12.2. The molecule has 0 spiro atoms. The lowest BCUT2D eigenvalue weighted by atomic mass is 9.75. The molecular formula is C27H44N4OS2. The van der Waals surface area contributed by atoms with E-state index in [1.165, 1.54) is 0 Å². The van der Waals surface area contributed by atoms with Crippen LogP contribution in [0.25, 0.3) is 0 Å². The minimum absolute atomic E-state index is 0.151. The fourth-order valence-electron chi connectivity index (χ4n) is 3.39. The molecule has 5 nitrogen and oxygen atoms in total. The molecule has 0 radical (unpaired) electrons. The van der Waals surface area contributed by atoms with Crippen molar-refractivity contribution in [2.45, 2.75) is 115 Å². The van der Waals surface area contributed by atoms with E-state index in [9.17, 15) is 5.11 Å². The first-order valence-electron chi connectivity index (χ1n) is 12.7. The van der Waals surface area contributed by atoms with Crippen LogP contribution in [-0.4, -0.2) is 31.6 Å². The van der Waals surface area contributed by atoms with Gasteiger partial charge in [0.15, 0.2) is 10.3 Å². The van der Waals surface area contributed by atoms with Crippen molar-refractivity contribution >= 4 is 35.2 Å². The van der Waals surface area contributed by atoms with Crippen LogP contribution in [0.2, 0.25) is 0 Å². The van der Waals surface area contributed by atoms with Gasteiger partial charge in [0.05, 0.1) is 0 Å². The number of nitrogens with zero attached hydrogens (tertiary/aromatic N) is 3. The van der Waals surface area contributed by atoms with Crippen LogP contribution in [0.3, 0.4) is 0 Å². The number of aromatic hydroxyl groups is 1. The largest absolute Gasteiger partial charge is 0.507 e. The van der Waals surface area contributed by atoms with Crippen LogP contribution in [-0.2, 0) is 10.8 Å². The van der Waals surface area contributed by atoms with Gasteiger partial charge in [0, 0.05) is 28.3 Å². The van der Waals surface area contributed by atoms with Crippen LogP contribution < -0.4 is 5.32 Å². The maximum absolute atomic E-state index is 11.3. The molecule has 7 heteroatoms. The molecule has 1 aromatic carbocycles. The number of nitrogens with one attached hydrogen (secondary N) is 1. The second-order valence-electron chi connectivity index (χ2n) is 10.1. The molecule has 0 amide bonds. The highest BCUT2D eigenvalue weighted by Gasteiger charge is 2.30. The lowest BCUT2D eigenvalue weighted by Crippen LogP contribution is -2.21. The predicted octanol–water partition coefficient (Wildman–Crippen LogP) is 8.48. The van der Waals surface area contributed by atoms with Gasteiger partial charge in [-0.15, -0.1) is 0 Å². The summed E-state index contributed by atoms with van der Waals surface area (Å²) in [5, 5.41) is 16.3. The molecule has 0 unspecified atom stereocenters. The number of phenols is 1. The summed E-state index contributed by atoms with van der Waals surface area (Å²) in [5.41, 5.74) is 2.52. The van der Waals surface area contributed by atoms with Crippen molar-refractivity contribution < 1.29 is 5.11 Å². The Kier molecular flexibility index (Phi) is 11.0. The first-order chi connectivity index (χ1) is 16.1. The number of thioether (sulfide) groups is 2. The molecule has 0 bridgehead atoms. The average molecular weight is 505 g/mol. The van der Waals surface area contributed by atoms with Crippen molar-refractivity contribution in [1.29, 1.82) is 0 Å². The number of unbranched alkanes of at least 4 members (excludes halogenated alkanes) is 2. The third kappa shape index (κ3) is 7.77. The van der Waals surface area contributed by atoms with E-state index < -0.39 is 0 Å². The molecule has 0 aliphatic rings. The monoisotopic (exact) mass is 504 g/mol. The van der Waals surface area contributed by atoms with Gasteiger partial charge in [-0.2, -0.15) is 15.0 Å². The van der Waals surface area contributed by atoms with E-state index >= 15 is 0 Å². The van der Waals surface area contributed by atoms with E-state index in [0.717, 1.165) is 77.2 Å². The summed E-state index contributed by atoms with van der Waals surface area (Å²) >= 11 is 3.38. The second-order valence-corrected chi connectivity index (χ2v) is 12.3. The zero-order chi connectivity index (χ0) is 25.4. The molecule has 0 aliphatic carbocycles. The van der Waals surface area contributed by atoms with E-state index in [1.807, 2.05) is 0 Å². The lowest BCUT2D eigenvalue weighted by Gasteiger charge is -2.31. The van der Waals surface area contributed by atoms with E-state index in [0.29, 0.717) is 11.7 Å². The average Bonchev–Trinajstić information content (AvgIpc) is 2.80. The third-order valence-electron chi connectivity index (χ3n) is 6.64. The Morgan fingerprint density at radius 1 is 0.765 bits per heavy atom. The lowest BCUT2D eigenvalue weighted by molar-refractivity contribution is 0.400. The van der Waals surface area contributed by atoms with Crippen molar-refractivity contribution in [3.05, 3.63) is 23.3 Å². The van der Waals surface area contributed by atoms with Gasteiger partial charge in [-0.05, 0) is 48.6 Å². The van der Waals surface area contributed by atoms with Gasteiger partial charge in [0.1, 0.15) is 5.75 Å². The Morgan fingerprint density at radius 3 is 1.59 bits per heavy atom. The minimum atomic E-state index is -0.151. The summed E-state index contributed by atoms with van der Waals surface area (Å²) < 4.78 is 0. The van der Waals surface area contributed by atoms with Crippen molar-refractivity contribution in [3.63, 3.8) is 0 Å². The molecule has 2 aromatic rings. The quantitative estimate of drug-likeness (QED) is 0.152. The first kappa shape index (κ1) is 28.8. The SMILES string of the molecule is CCCCSc1nc(Nc2cc(C(C)(C)CC)c(O)c(C(C)(C)CC)c2)nc(SCCCC)n1. The van der Waals surface area contributed by atoms with Gasteiger partial charge in [0.25, 0.3) is 0 Å². The fraction of sp³-hybridized carbons (Fsp3) is 0.667. The number of hydrogen-bond donors (Lipinski definition) is 2. The Labute approximate surface area is 215 Å². The van der Waals surface area contributed by atoms with Crippen molar-refractivity contribution in [2.24, 2.45) is 0 Å². The Morgan fingerprint density at radius 2 is 1.21 bits per heavy atom. The van der Waals surface area contributed by atoms with Gasteiger partial charge >= 0.3 is 0 Å². The molecule has 0 atom stereocenters. The highest BCUT2D eigenvalue weighted by molar-refractivity contribution is 7.99. The molecule has 2 N–H and O–H groups in total. The zero-order valence-electron chi connectivity index (χ0n) is 22.4. The third-order valence-corrected chi connectivity index (χ3v) is 8.51. The molecule has 190 valence electrons. The number of rotatable bonds is 14. The molecule has 1 heterocycles. The van der Waals surface area contributed by atoms with Crippen molar-refractivity contribution in [3.8, 4) is 5.75 Å². The minimum Gasteiger partial charge on any atom is -0.507 e. The predicted molar refractivity (Wildman–Crippen MR) is 149 cm³/mol. The van der Waals surface area contributed by atoms with Crippen LogP contribution >= 0.6 is 23.5 Å². The molecule has 0 saturated carbocycles. The van der Waals surface area contributed by atoms with E-state index in [4.69, 9.17) is 15.0 Å². The number of phenolic OH excluding ortho intramolecular Hbond substituents is 1. The Hall–Kier alpha value is -1.47. The maximum Gasteiger partial charge on any atom is 0.232 e. The van der Waals surface area contributed by atoms with Gasteiger partial charge in [-0.25, -0.2) is 0 Å². The second kappa shape index (κ2) is 13.0. The number of benzene rings is 1. The van der Waals surface area contributed by atoms with E-state index in [2.05, 4.69) is 72.8 Å². The Bertz CT molecular complexity index is 866. The van der Waals surface area contributed by atoms with Crippen LogP contribution in [0.15, 0.2) is 22.4 Å². The maximum atomic E-state index is 11.3. The first-order valence-corrected chi connectivity index (χ1v) is 14.7. The van der Waals surface area contributed by atoms with Crippen molar-refractivity contribution in [1.82, 2.24) is 15.0 Å². The summed E-state index contributed by atoms with van der Waals surface area (Å²) in [6.45, 7) is 17.5. The van der Waals surface area contributed by atoms with Gasteiger partial charge in [-0.1, -0.05) is 91.8 Å². The molecule has 1 aromatic heterocycles. The van der Waals surface area contributed by atoms with Crippen LogP contribution in [0.5, 0.6) is 5.75 Å². The number of anilines is 2. The molecule has 34 heavy (non-hydrogen) atoms. The topological polar surface area (TPSA) is 70.9 Å². The Balaban J connectivity index is 2.50. The van der Waals surface area contributed by atoms with Gasteiger partial charge in [0.2, 0.25) is 5.95 Å². The highest BCUT2D eigenvalue weighted by atomic mass is 32.2. The smallest absolute Gasteiger partial charge is 0.232 e. The standard InChI is InChI=1S/C27H44N4OS2/c1-9-13-15-33-24-29-23(30-25(31-24)34-16-14-10-2)28-19-17-20(26(5,6)11-3)22(32)21(18-19)27(7,8)12-4/h17-18,32H,9-16H2,1-8H3,(H,28,29,30,31). The van der Waals surface area contributed by atoms with Gasteiger partial charge in [-0.3, -0.25) is 0 Å². The van der Waals surface area contributed by atoms with Gasteiger partial charge < -0.3 is 10.4 Å². The highest BCUT2D eigenvalue weighted by Crippen LogP contribution is 2.43. The summed E-state index contributed by atoms with van der Waals surface area (Å²) in [5.74, 6) is 2.98.